The lowest BCUT2D eigenvalue weighted by Gasteiger charge is -2.21. The number of hydrogen-bond donors (Lipinski definition) is 1. The van der Waals surface area contributed by atoms with Gasteiger partial charge in [0.1, 0.15) is 0 Å². The smallest absolute Gasteiger partial charge is 0.310 e. The van der Waals surface area contributed by atoms with Crippen LogP contribution in [0.25, 0.3) is 5.69 Å². The van der Waals surface area contributed by atoms with Crippen LogP contribution in [-0.4, -0.2) is 53.9 Å². The fourth-order valence-electron chi connectivity index (χ4n) is 3.34. The maximum Gasteiger partial charge on any atom is 0.310 e. The van der Waals surface area contributed by atoms with Gasteiger partial charge in [-0.2, -0.15) is 5.10 Å². The van der Waals surface area contributed by atoms with Crippen molar-refractivity contribution in [2.75, 3.05) is 27.2 Å². The van der Waals surface area contributed by atoms with Gasteiger partial charge in [-0.15, -0.1) is 0 Å². The van der Waals surface area contributed by atoms with Crippen LogP contribution >= 0.6 is 0 Å². The van der Waals surface area contributed by atoms with Crippen molar-refractivity contribution in [1.29, 1.82) is 0 Å². The SMILES string of the molecule is CN=C(NCc1cccc(-n2cccn2)c1)N1CC(C)C(C(=O)OC)C1. The second-order valence-corrected chi connectivity index (χ2v) is 6.53. The molecule has 0 amide bonds. The molecule has 2 heterocycles. The average Bonchev–Trinajstić information content (AvgIpc) is 3.32. The van der Waals surface area contributed by atoms with Gasteiger partial charge in [0.05, 0.1) is 18.7 Å². The Balaban J connectivity index is 1.63. The summed E-state index contributed by atoms with van der Waals surface area (Å²) < 4.78 is 6.74. The Morgan fingerprint density at radius 1 is 1.38 bits per heavy atom. The number of carbonyl (C=O) groups excluding carboxylic acids is 1. The maximum atomic E-state index is 11.9. The van der Waals surface area contributed by atoms with Crippen LogP contribution in [0.3, 0.4) is 0 Å². The molecule has 0 saturated carbocycles. The summed E-state index contributed by atoms with van der Waals surface area (Å²) in [6.07, 6.45) is 3.68. The normalized spacial score (nSPS) is 20.3. The summed E-state index contributed by atoms with van der Waals surface area (Å²) in [5.74, 6) is 0.779. The minimum absolute atomic E-state index is 0.110. The fraction of sp³-hybridized carbons (Fsp3) is 0.421. The van der Waals surface area contributed by atoms with Crippen LogP contribution in [0.2, 0.25) is 0 Å². The van der Waals surface area contributed by atoms with Gasteiger partial charge in [-0.25, -0.2) is 4.68 Å². The van der Waals surface area contributed by atoms with E-state index in [-0.39, 0.29) is 17.8 Å². The van der Waals surface area contributed by atoms with Crippen LogP contribution in [0.15, 0.2) is 47.7 Å². The van der Waals surface area contributed by atoms with Crippen molar-refractivity contribution in [2.24, 2.45) is 16.8 Å². The van der Waals surface area contributed by atoms with Gasteiger partial charge in [0.25, 0.3) is 0 Å². The van der Waals surface area contributed by atoms with Crippen molar-refractivity contribution in [3.8, 4) is 5.69 Å². The maximum absolute atomic E-state index is 11.9. The number of ether oxygens (including phenoxy) is 1. The molecule has 1 aromatic carbocycles. The molecule has 2 aromatic rings. The van der Waals surface area contributed by atoms with Crippen LogP contribution in [0.1, 0.15) is 12.5 Å². The summed E-state index contributed by atoms with van der Waals surface area (Å²) in [5.41, 5.74) is 2.15. The van der Waals surface area contributed by atoms with Crippen molar-refractivity contribution in [1.82, 2.24) is 20.0 Å². The molecule has 7 nitrogen and oxygen atoms in total. The molecule has 1 aliphatic rings. The number of guanidine groups is 1. The Labute approximate surface area is 153 Å². The molecule has 1 fully saturated rings. The number of esters is 1. The lowest BCUT2D eigenvalue weighted by molar-refractivity contribution is -0.145. The van der Waals surface area contributed by atoms with Gasteiger partial charge in [-0.05, 0) is 29.7 Å². The molecule has 2 atom stereocenters. The standard InChI is InChI=1S/C19H25N5O2/c1-14-12-23(13-17(14)18(25)26-3)19(20-2)21-11-15-6-4-7-16(10-15)24-9-5-8-22-24/h4-10,14,17H,11-13H2,1-3H3,(H,20,21). The minimum atomic E-state index is -0.151. The van der Waals surface area contributed by atoms with Crippen molar-refractivity contribution in [3.63, 3.8) is 0 Å². The highest BCUT2D eigenvalue weighted by Gasteiger charge is 2.36. The van der Waals surface area contributed by atoms with E-state index in [0.29, 0.717) is 13.1 Å². The van der Waals surface area contributed by atoms with Crippen LogP contribution in [0, 0.1) is 11.8 Å². The van der Waals surface area contributed by atoms with Crippen LogP contribution in [-0.2, 0) is 16.1 Å². The molecule has 1 aromatic heterocycles. The number of rotatable bonds is 4. The lowest BCUT2D eigenvalue weighted by atomic mass is 9.99. The third-order valence-electron chi connectivity index (χ3n) is 4.76. The van der Waals surface area contributed by atoms with Crippen LogP contribution in [0.5, 0.6) is 0 Å². The monoisotopic (exact) mass is 355 g/mol. The Morgan fingerprint density at radius 3 is 2.92 bits per heavy atom. The second-order valence-electron chi connectivity index (χ2n) is 6.53. The summed E-state index contributed by atoms with van der Waals surface area (Å²) in [7, 11) is 3.20. The van der Waals surface area contributed by atoms with E-state index < -0.39 is 0 Å². The molecule has 1 N–H and O–H groups in total. The lowest BCUT2D eigenvalue weighted by Crippen LogP contribution is -2.40. The molecule has 0 radical (unpaired) electrons. The number of nitrogens with one attached hydrogen (secondary N) is 1. The molecule has 138 valence electrons. The largest absolute Gasteiger partial charge is 0.469 e. The molecular weight excluding hydrogens is 330 g/mol. The quantitative estimate of drug-likeness (QED) is 0.513. The summed E-state index contributed by atoms with van der Waals surface area (Å²) in [6, 6.07) is 10.1. The first-order chi connectivity index (χ1) is 12.6. The van der Waals surface area contributed by atoms with Gasteiger partial charge < -0.3 is 15.0 Å². The van der Waals surface area contributed by atoms with Crippen LogP contribution < -0.4 is 5.32 Å². The molecule has 1 aliphatic heterocycles. The van der Waals surface area contributed by atoms with Gasteiger partial charge in [0.15, 0.2) is 5.96 Å². The minimum Gasteiger partial charge on any atom is -0.469 e. The molecule has 3 rings (SSSR count). The summed E-state index contributed by atoms with van der Waals surface area (Å²) in [5, 5.41) is 7.66. The fourth-order valence-corrected chi connectivity index (χ4v) is 3.34. The number of hydrogen-bond acceptors (Lipinski definition) is 4. The van der Waals surface area contributed by atoms with E-state index in [1.165, 1.54) is 7.11 Å². The molecule has 0 bridgehead atoms. The summed E-state index contributed by atoms with van der Waals surface area (Å²) in [6.45, 7) is 4.13. The molecule has 26 heavy (non-hydrogen) atoms. The van der Waals surface area contributed by atoms with E-state index in [1.54, 1.807) is 13.2 Å². The Morgan fingerprint density at radius 2 is 2.23 bits per heavy atom. The highest BCUT2D eigenvalue weighted by molar-refractivity contribution is 5.82. The molecule has 0 aliphatic carbocycles. The highest BCUT2D eigenvalue weighted by atomic mass is 16.5. The van der Waals surface area contributed by atoms with E-state index in [4.69, 9.17) is 4.74 Å². The van der Waals surface area contributed by atoms with Crippen molar-refractivity contribution in [3.05, 3.63) is 48.3 Å². The first-order valence-corrected chi connectivity index (χ1v) is 8.74. The zero-order valence-corrected chi connectivity index (χ0v) is 15.4. The predicted octanol–water partition coefficient (Wildman–Crippen LogP) is 1.69. The van der Waals surface area contributed by atoms with E-state index in [1.807, 2.05) is 29.1 Å². The third kappa shape index (κ3) is 3.87. The predicted molar refractivity (Wildman–Crippen MR) is 100 cm³/mol. The molecule has 1 saturated heterocycles. The first kappa shape index (κ1) is 18.0. The number of aliphatic imine (C=N–C) groups is 1. The zero-order valence-electron chi connectivity index (χ0n) is 15.4. The number of likely N-dealkylation sites (tertiary alicyclic amines) is 1. The van der Waals surface area contributed by atoms with Gasteiger partial charge in [0.2, 0.25) is 0 Å². The van der Waals surface area contributed by atoms with Crippen molar-refractivity contribution in [2.45, 2.75) is 13.5 Å². The Hall–Kier alpha value is -2.83. The van der Waals surface area contributed by atoms with Gasteiger partial charge in [-0.3, -0.25) is 9.79 Å². The van der Waals surface area contributed by atoms with Gasteiger partial charge in [0, 0.05) is 39.1 Å². The molecule has 7 heteroatoms. The number of nitrogens with zero attached hydrogens (tertiary/aromatic N) is 4. The number of benzene rings is 1. The van der Waals surface area contributed by atoms with Crippen LogP contribution in [0.4, 0.5) is 0 Å². The van der Waals surface area contributed by atoms with E-state index in [9.17, 15) is 4.79 Å². The Kier molecular flexibility index (Phi) is 5.55. The van der Waals surface area contributed by atoms with Crippen molar-refractivity contribution >= 4 is 11.9 Å². The number of aromatic nitrogens is 2. The average molecular weight is 355 g/mol. The van der Waals surface area contributed by atoms with E-state index >= 15 is 0 Å². The van der Waals surface area contributed by atoms with E-state index in [0.717, 1.165) is 23.8 Å². The topological polar surface area (TPSA) is 71.8 Å². The Bertz CT molecular complexity index is 772. The zero-order chi connectivity index (χ0) is 18.5. The summed E-state index contributed by atoms with van der Waals surface area (Å²) in [4.78, 5) is 18.4. The van der Waals surface area contributed by atoms with Gasteiger partial charge in [-0.1, -0.05) is 19.1 Å². The molecular formula is C19H25N5O2. The van der Waals surface area contributed by atoms with E-state index in [2.05, 4.69) is 39.4 Å². The second kappa shape index (κ2) is 8.03. The van der Waals surface area contributed by atoms with Gasteiger partial charge >= 0.3 is 5.97 Å². The first-order valence-electron chi connectivity index (χ1n) is 8.74. The number of carbonyl (C=O) groups is 1. The summed E-state index contributed by atoms with van der Waals surface area (Å²) >= 11 is 0. The highest BCUT2D eigenvalue weighted by Crippen LogP contribution is 2.24. The molecule has 2 unspecified atom stereocenters. The number of methoxy groups -OCH3 is 1. The third-order valence-corrected chi connectivity index (χ3v) is 4.76. The van der Waals surface area contributed by atoms with Crippen molar-refractivity contribution < 1.29 is 9.53 Å². The molecule has 0 spiro atoms.